The molecule has 0 amide bonds. The summed E-state index contributed by atoms with van der Waals surface area (Å²) in [5.41, 5.74) is 1.93. The van der Waals surface area contributed by atoms with E-state index in [-0.39, 0.29) is 0 Å². The Balaban J connectivity index is 2.43. The Bertz CT molecular complexity index is 425. The first-order chi connectivity index (χ1) is 8.69. The molecule has 2 rings (SSSR count). The van der Waals surface area contributed by atoms with Gasteiger partial charge in [-0.15, -0.1) is 6.58 Å². The zero-order chi connectivity index (χ0) is 13.1. The van der Waals surface area contributed by atoms with Gasteiger partial charge in [0.05, 0.1) is 13.2 Å². The maximum Gasteiger partial charge on any atom is 0.126 e. The Hall–Kier alpha value is -1.48. The molecule has 3 heteroatoms. The van der Waals surface area contributed by atoms with E-state index in [1.54, 1.807) is 14.0 Å². The molecule has 98 valence electrons. The molecule has 0 saturated heterocycles. The van der Waals surface area contributed by atoms with Gasteiger partial charge in [0.2, 0.25) is 0 Å². The predicted octanol–water partition coefficient (Wildman–Crippen LogP) is 2.90. The van der Waals surface area contributed by atoms with Crippen LogP contribution in [0.4, 0.5) is 5.69 Å². The van der Waals surface area contributed by atoms with E-state index in [9.17, 15) is 5.11 Å². The van der Waals surface area contributed by atoms with Crippen molar-refractivity contribution in [3.8, 4) is 5.75 Å². The molecule has 0 aromatic heterocycles. The van der Waals surface area contributed by atoms with E-state index < -0.39 is 6.10 Å². The van der Waals surface area contributed by atoms with Crippen LogP contribution in [0.1, 0.15) is 31.4 Å². The summed E-state index contributed by atoms with van der Waals surface area (Å²) in [7, 11) is 1.64. The molecule has 0 heterocycles. The van der Waals surface area contributed by atoms with Crippen molar-refractivity contribution in [2.24, 2.45) is 0 Å². The normalized spacial score (nSPS) is 16.2. The zero-order valence-corrected chi connectivity index (χ0v) is 11.1. The minimum absolute atomic E-state index is 0.540. The number of anilines is 1. The Morgan fingerprint density at radius 2 is 2.28 bits per heavy atom. The fourth-order valence-corrected chi connectivity index (χ4v) is 2.35. The van der Waals surface area contributed by atoms with Gasteiger partial charge in [-0.3, -0.25) is 0 Å². The molecule has 1 aromatic rings. The topological polar surface area (TPSA) is 32.7 Å². The molecule has 1 aliphatic rings. The second-order valence-electron chi connectivity index (χ2n) is 4.74. The number of aliphatic hydroxyl groups excluding tert-OH is 1. The molecule has 0 aliphatic heterocycles. The molecule has 1 N–H and O–H groups in total. The third-order valence-corrected chi connectivity index (χ3v) is 3.30. The highest BCUT2D eigenvalue weighted by atomic mass is 16.5. The maximum atomic E-state index is 10.0. The van der Waals surface area contributed by atoms with Crippen molar-refractivity contribution < 1.29 is 9.84 Å². The molecule has 18 heavy (non-hydrogen) atoms. The van der Waals surface area contributed by atoms with Gasteiger partial charge in [0.25, 0.3) is 0 Å². The molecule has 1 atom stereocenters. The van der Waals surface area contributed by atoms with Crippen molar-refractivity contribution in [3.63, 3.8) is 0 Å². The minimum atomic E-state index is -0.540. The third-order valence-electron chi connectivity index (χ3n) is 3.30. The number of hydrogen-bond donors (Lipinski definition) is 1. The van der Waals surface area contributed by atoms with E-state index in [0.29, 0.717) is 6.04 Å². The number of hydrogen-bond acceptors (Lipinski definition) is 3. The van der Waals surface area contributed by atoms with E-state index in [4.69, 9.17) is 4.74 Å². The van der Waals surface area contributed by atoms with E-state index in [2.05, 4.69) is 11.5 Å². The van der Waals surface area contributed by atoms with E-state index in [1.165, 1.54) is 12.8 Å². The average Bonchev–Trinajstić information content (AvgIpc) is 3.19. The highest BCUT2D eigenvalue weighted by molar-refractivity contribution is 5.62. The molecule has 1 fully saturated rings. The lowest BCUT2D eigenvalue weighted by atomic mass is 10.1. The molecular weight excluding hydrogens is 226 g/mol. The van der Waals surface area contributed by atoms with Crippen molar-refractivity contribution in [1.29, 1.82) is 0 Å². The standard InChI is InChI=1S/C15H21NO2/c1-4-10-16(12-8-9-12)13-6-5-7-14(18-3)15(13)11(2)17/h4-7,11-12,17H,1,8-10H2,2-3H3. The van der Waals surface area contributed by atoms with Gasteiger partial charge >= 0.3 is 0 Å². The average molecular weight is 247 g/mol. The van der Waals surface area contributed by atoms with Crippen LogP contribution in [0, 0.1) is 0 Å². The van der Waals surface area contributed by atoms with Crippen molar-refractivity contribution >= 4 is 5.69 Å². The van der Waals surface area contributed by atoms with E-state index >= 15 is 0 Å². The lowest BCUT2D eigenvalue weighted by Crippen LogP contribution is -2.27. The summed E-state index contributed by atoms with van der Waals surface area (Å²) in [6.45, 7) is 6.40. The molecule has 1 unspecified atom stereocenters. The Morgan fingerprint density at radius 1 is 1.56 bits per heavy atom. The zero-order valence-electron chi connectivity index (χ0n) is 11.1. The van der Waals surface area contributed by atoms with Crippen LogP contribution in [0.3, 0.4) is 0 Å². The van der Waals surface area contributed by atoms with Crippen molar-refractivity contribution in [2.75, 3.05) is 18.6 Å². The van der Waals surface area contributed by atoms with Gasteiger partial charge in [0.1, 0.15) is 5.75 Å². The number of aliphatic hydroxyl groups is 1. The van der Waals surface area contributed by atoms with Crippen LogP contribution in [-0.4, -0.2) is 24.8 Å². The summed E-state index contributed by atoms with van der Waals surface area (Å²) in [6, 6.07) is 6.49. The summed E-state index contributed by atoms with van der Waals surface area (Å²) < 4.78 is 5.36. The van der Waals surface area contributed by atoms with E-state index in [1.807, 2.05) is 24.3 Å². The van der Waals surface area contributed by atoms with Crippen molar-refractivity contribution in [2.45, 2.75) is 31.9 Å². The van der Waals surface area contributed by atoms with E-state index in [0.717, 1.165) is 23.5 Å². The highest BCUT2D eigenvalue weighted by Crippen LogP contribution is 2.39. The van der Waals surface area contributed by atoms with Gasteiger partial charge in [-0.1, -0.05) is 12.1 Å². The van der Waals surface area contributed by atoms with Crippen LogP contribution in [0.5, 0.6) is 5.75 Å². The smallest absolute Gasteiger partial charge is 0.126 e. The fourth-order valence-electron chi connectivity index (χ4n) is 2.35. The largest absolute Gasteiger partial charge is 0.496 e. The summed E-state index contributed by atoms with van der Waals surface area (Å²) in [4.78, 5) is 2.30. The highest BCUT2D eigenvalue weighted by Gasteiger charge is 2.31. The molecule has 0 radical (unpaired) electrons. The van der Waals surface area contributed by atoms with Gasteiger partial charge in [-0.05, 0) is 31.9 Å². The van der Waals surface area contributed by atoms with Crippen LogP contribution in [0.15, 0.2) is 30.9 Å². The van der Waals surface area contributed by atoms with Crippen molar-refractivity contribution in [3.05, 3.63) is 36.4 Å². The first-order valence-corrected chi connectivity index (χ1v) is 6.41. The number of methoxy groups -OCH3 is 1. The van der Waals surface area contributed by atoms with Gasteiger partial charge < -0.3 is 14.7 Å². The van der Waals surface area contributed by atoms with Crippen LogP contribution in [0.25, 0.3) is 0 Å². The monoisotopic (exact) mass is 247 g/mol. The Labute approximate surface area is 109 Å². The molecule has 0 bridgehead atoms. The Kier molecular flexibility index (Phi) is 3.92. The number of benzene rings is 1. The third kappa shape index (κ3) is 2.51. The second kappa shape index (κ2) is 5.44. The molecule has 0 spiro atoms. The van der Waals surface area contributed by atoms with Crippen LogP contribution >= 0.6 is 0 Å². The molecule has 1 aromatic carbocycles. The van der Waals surface area contributed by atoms with Gasteiger partial charge in [-0.25, -0.2) is 0 Å². The lowest BCUT2D eigenvalue weighted by molar-refractivity contribution is 0.194. The first kappa shape index (κ1) is 13.0. The number of ether oxygens (including phenoxy) is 1. The summed E-state index contributed by atoms with van der Waals surface area (Å²) in [5, 5.41) is 10.0. The summed E-state index contributed by atoms with van der Waals surface area (Å²) >= 11 is 0. The first-order valence-electron chi connectivity index (χ1n) is 6.41. The summed E-state index contributed by atoms with van der Waals surface area (Å²) in [5.74, 6) is 0.747. The number of nitrogens with zero attached hydrogens (tertiary/aromatic N) is 1. The molecular formula is C15H21NO2. The predicted molar refractivity (Wildman–Crippen MR) is 74.2 cm³/mol. The van der Waals surface area contributed by atoms with Crippen LogP contribution in [-0.2, 0) is 0 Å². The minimum Gasteiger partial charge on any atom is -0.496 e. The second-order valence-corrected chi connectivity index (χ2v) is 4.74. The van der Waals surface area contributed by atoms with Crippen LogP contribution < -0.4 is 9.64 Å². The molecule has 1 saturated carbocycles. The molecule has 1 aliphatic carbocycles. The van der Waals surface area contributed by atoms with Gasteiger partial charge in [0, 0.05) is 23.8 Å². The van der Waals surface area contributed by atoms with Crippen molar-refractivity contribution in [1.82, 2.24) is 0 Å². The summed E-state index contributed by atoms with van der Waals surface area (Å²) in [6.07, 6.45) is 3.79. The lowest BCUT2D eigenvalue weighted by Gasteiger charge is -2.27. The SMILES string of the molecule is C=CCN(c1cccc(OC)c1C(C)O)C1CC1. The van der Waals surface area contributed by atoms with Crippen LogP contribution in [0.2, 0.25) is 0 Å². The fraction of sp³-hybridized carbons (Fsp3) is 0.467. The molecule has 3 nitrogen and oxygen atoms in total. The quantitative estimate of drug-likeness (QED) is 0.785. The van der Waals surface area contributed by atoms with Gasteiger partial charge in [0.15, 0.2) is 0 Å². The number of rotatable bonds is 6. The Morgan fingerprint density at radius 3 is 2.78 bits per heavy atom. The maximum absolute atomic E-state index is 10.0. The van der Waals surface area contributed by atoms with Gasteiger partial charge in [-0.2, -0.15) is 0 Å².